The zero-order valence-corrected chi connectivity index (χ0v) is 25.4. The number of aryl methyl sites for hydroxylation is 1. The summed E-state index contributed by atoms with van der Waals surface area (Å²) in [5.41, 5.74) is 3.63. The largest absolute Gasteiger partial charge is 0.456 e. The van der Waals surface area contributed by atoms with E-state index in [4.69, 9.17) is 9.15 Å². The van der Waals surface area contributed by atoms with E-state index >= 15 is 0 Å². The van der Waals surface area contributed by atoms with Crippen LogP contribution in [-0.2, 0) is 24.8 Å². The van der Waals surface area contributed by atoms with Crippen molar-refractivity contribution >= 4 is 34.5 Å². The van der Waals surface area contributed by atoms with E-state index in [9.17, 15) is 23.6 Å². The van der Waals surface area contributed by atoms with Crippen molar-refractivity contribution in [1.82, 2.24) is 29.8 Å². The molecule has 0 unspecified atom stereocenters. The third-order valence-corrected chi connectivity index (χ3v) is 7.82. The number of oxazole rings is 1. The zero-order chi connectivity index (χ0) is 32.2. The highest BCUT2D eigenvalue weighted by Crippen LogP contribution is 2.35. The molecule has 2 amide bonds. The standard InChI is InChI=1S/C32H31FN6O6/c1-16-18-9-10-22(20(18)8-7-19(16)30(42)45-32(2,3)4)37-29(41)25-13-23(36-27-21(33)15-35-39(25)27)28(40)34-14-17-6-11-26-24(12-17)38(5)31(43)44-26/h6-8,11-13,15,22H,9-10,14H2,1-5H3,(H,34,40)(H,37,41)/t22-/m0/s1. The first-order valence-corrected chi connectivity index (χ1v) is 14.4. The second-order valence-electron chi connectivity index (χ2n) is 12.0. The molecule has 1 aliphatic rings. The summed E-state index contributed by atoms with van der Waals surface area (Å²) >= 11 is 0. The average molecular weight is 615 g/mol. The number of rotatable bonds is 6. The molecule has 2 N–H and O–H groups in total. The van der Waals surface area contributed by atoms with Gasteiger partial charge in [-0.2, -0.15) is 5.10 Å². The van der Waals surface area contributed by atoms with Crippen LogP contribution in [0, 0.1) is 12.7 Å². The maximum Gasteiger partial charge on any atom is 0.419 e. The van der Waals surface area contributed by atoms with Gasteiger partial charge in [0, 0.05) is 19.7 Å². The Morgan fingerprint density at radius 2 is 1.91 bits per heavy atom. The monoisotopic (exact) mass is 614 g/mol. The van der Waals surface area contributed by atoms with E-state index in [0.717, 1.165) is 27.4 Å². The molecule has 1 aliphatic carbocycles. The van der Waals surface area contributed by atoms with Crippen LogP contribution in [0.25, 0.3) is 16.7 Å². The van der Waals surface area contributed by atoms with Crippen LogP contribution in [0.4, 0.5) is 4.39 Å². The summed E-state index contributed by atoms with van der Waals surface area (Å²) in [6.07, 6.45) is 2.15. The molecule has 3 heterocycles. The molecule has 0 fully saturated rings. The lowest BCUT2D eigenvalue weighted by molar-refractivity contribution is 0.00683. The molecule has 6 rings (SSSR count). The van der Waals surface area contributed by atoms with E-state index < -0.39 is 35.0 Å². The number of esters is 1. The summed E-state index contributed by atoms with van der Waals surface area (Å²) in [7, 11) is 1.58. The minimum absolute atomic E-state index is 0.0700. The molecule has 0 saturated carbocycles. The number of hydrogen-bond donors (Lipinski definition) is 2. The van der Waals surface area contributed by atoms with Crippen LogP contribution in [-0.4, -0.2) is 42.5 Å². The lowest BCUT2D eigenvalue weighted by Gasteiger charge is -2.21. The van der Waals surface area contributed by atoms with Crippen LogP contribution < -0.4 is 16.4 Å². The molecule has 0 radical (unpaired) electrons. The number of benzene rings is 2. The van der Waals surface area contributed by atoms with E-state index in [1.165, 1.54) is 10.6 Å². The van der Waals surface area contributed by atoms with Gasteiger partial charge in [-0.25, -0.2) is 23.5 Å². The fourth-order valence-electron chi connectivity index (χ4n) is 5.59. The van der Waals surface area contributed by atoms with Gasteiger partial charge in [-0.15, -0.1) is 0 Å². The summed E-state index contributed by atoms with van der Waals surface area (Å²) in [4.78, 5) is 55.4. The smallest absolute Gasteiger partial charge is 0.419 e. The van der Waals surface area contributed by atoms with Crippen LogP contribution in [0.5, 0.6) is 0 Å². The maximum atomic E-state index is 14.6. The first-order valence-electron chi connectivity index (χ1n) is 14.4. The number of amides is 2. The second-order valence-corrected chi connectivity index (χ2v) is 12.0. The predicted octanol–water partition coefficient (Wildman–Crippen LogP) is 3.92. The molecule has 13 heteroatoms. The number of aromatic nitrogens is 4. The van der Waals surface area contributed by atoms with Gasteiger partial charge in [0.1, 0.15) is 17.0 Å². The van der Waals surface area contributed by atoms with E-state index in [1.54, 1.807) is 31.3 Å². The lowest BCUT2D eigenvalue weighted by atomic mass is 9.97. The van der Waals surface area contributed by atoms with Gasteiger partial charge in [-0.3, -0.25) is 14.2 Å². The Kier molecular flexibility index (Phi) is 7.26. The van der Waals surface area contributed by atoms with Crippen molar-refractivity contribution < 1.29 is 27.9 Å². The Morgan fingerprint density at radius 3 is 2.67 bits per heavy atom. The molecule has 5 aromatic rings. The lowest BCUT2D eigenvalue weighted by Crippen LogP contribution is -2.31. The number of carbonyl (C=O) groups excluding carboxylic acids is 3. The Hall–Kier alpha value is -5.33. The van der Waals surface area contributed by atoms with Crippen LogP contribution >= 0.6 is 0 Å². The second kappa shape index (κ2) is 11.0. The van der Waals surface area contributed by atoms with Crippen LogP contribution in [0.3, 0.4) is 0 Å². The van der Waals surface area contributed by atoms with Crippen molar-refractivity contribution in [1.29, 1.82) is 0 Å². The first kappa shape index (κ1) is 29.7. The number of hydrogen-bond acceptors (Lipinski definition) is 8. The molecule has 12 nitrogen and oxygen atoms in total. The summed E-state index contributed by atoms with van der Waals surface area (Å²) in [6, 6.07) is 9.44. The zero-order valence-electron chi connectivity index (χ0n) is 25.4. The van der Waals surface area contributed by atoms with Gasteiger partial charge >= 0.3 is 11.7 Å². The Balaban J connectivity index is 1.23. The molecule has 0 bridgehead atoms. The molecular formula is C32H31FN6O6. The van der Waals surface area contributed by atoms with Gasteiger partial charge in [-0.05, 0) is 81.0 Å². The topological polar surface area (TPSA) is 150 Å². The third-order valence-electron chi connectivity index (χ3n) is 7.82. The SMILES string of the molecule is Cc1c(C(=O)OC(C)(C)C)ccc2c1CC[C@@H]2NC(=O)c1cc(C(=O)NCc2ccc3oc(=O)n(C)c3c2)nc2c(F)cnn12. The van der Waals surface area contributed by atoms with Gasteiger partial charge in [-0.1, -0.05) is 12.1 Å². The molecule has 0 spiro atoms. The molecule has 0 saturated heterocycles. The average Bonchev–Trinajstić information content (AvgIpc) is 3.66. The first-order chi connectivity index (χ1) is 21.3. The van der Waals surface area contributed by atoms with Crippen LogP contribution in [0.15, 0.2) is 51.8 Å². The highest BCUT2D eigenvalue weighted by Gasteiger charge is 2.30. The number of carbonyl (C=O) groups is 3. The predicted molar refractivity (Wildman–Crippen MR) is 160 cm³/mol. The number of nitrogens with one attached hydrogen (secondary N) is 2. The summed E-state index contributed by atoms with van der Waals surface area (Å²) < 4.78 is 27.7. The van der Waals surface area contributed by atoms with Crippen LogP contribution in [0.1, 0.15) is 86.8 Å². The molecule has 0 aliphatic heterocycles. The number of ether oxygens (including phenoxy) is 1. The van der Waals surface area contributed by atoms with Crippen molar-refractivity contribution in [2.24, 2.45) is 7.05 Å². The third kappa shape index (κ3) is 5.56. The molecule has 45 heavy (non-hydrogen) atoms. The van der Waals surface area contributed by atoms with Gasteiger partial charge < -0.3 is 19.8 Å². The molecular weight excluding hydrogens is 583 g/mol. The van der Waals surface area contributed by atoms with Gasteiger partial charge in [0.15, 0.2) is 17.0 Å². The van der Waals surface area contributed by atoms with Crippen molar-refractivity contribution in [3.8, 4) is 0 Å². The van der Waals surface area contributed by atoms with Crippen molar-refractivity contribution in [3.63, 3.8) is 0 Å². The normalized spacial score (nSPS) is 14.5. The number of fused-ring (bicyclic) bond motifs is 3. The van der Waals surface area contributed by atoms with Gasteiger partial charge in [0.25, 0.3) is 11.8 Å². The highest BCUT2D eigenvalue weighted by atomic mass is 19.1. The Bertz CT molecular complexity index is 2090. The Labute approximate surface area is 256 Å². The molecule has 2 aromatic carbocycles. The number of halogens is 1. The van der Waals surface area contributed by atoms with E-state index in [2.05, 4.69) is 20.7 Å². The van der Waals surface area contributed by atoms with E-state index in [1.807, 2.05) is 33.8 Å². The maximum absolute atomic E-state index is 14.6. The molecule has 1 atom stereocenters. The summed E-state index contributed by atoms with van der Waals surface area (Å²) in [5, 5.41) is 9.67. The van der Waals surface area contributed by atoms with E-state index in [0.29, 0.717) is 35.1 Å². The van der Waals surface area contributed by atoms with Gasteiger partial charge in [0.05, 0.1) is 23.3 Å². The molecule has 232 valence electrons. The van der Waals surface area contributed by atoms with Gasteiger partial charge in [0.2, 0.25) is 0 Å². The van der Waals surface area contributed by atoms with E-state index in [-0.39, 0.29) is 29.6 Å². The quantitative estimate of drug-likeness (QED) is 0.273. The number of nitrogens with zero attached hydrogens (tertiary/aromatic N) is 4. The molecule has 3 aromatic heterocycles. The van der Waals surface area contributed by atoms with Crippen LogP contribution in [0.2, 0.25) is 0 Å². The van der Waals surface area contributed by atoms with Crippen molar-refractivity contribution in [3.05, 3.63) is 98.2 Å². The summed E-state index contributed by atoms with van der Waals surface area (Å²) in [6.45, 7) is 7.36. The highest BCUT2D eigenvalue weighted by molar-refractivity contribution is 5.98. The summed E-state index contributed by atoms with van der Waals surface area (Å²) in [5.74, 6) is -2.91. The minimum Gasteiger partial charge on any atom is -0.456 e. The fourth-order valence-corrected chi connectivity index (χ4v) is 5.59. The Morgan fingerprint density at radius 1 is 1.13 bits per heavy atom. The van der Waals surface area contributed by atoms with Crippen molar-refractivity contribution in [2.75, 3.05) is 0 Å². The minimum atomic E-state index is -0.790. The fraction of sp³-hybridized carbons (Fsp3) is 0.312. The van der Waals surface area contributed by atoms with Crippen molar-refractivity contribution in [2.45, 2.75) is 58.7 Å².